The number of thioether (sulfide) groups is 1. The molecule has 0 amide bonds. The highest BCUT2D eigenvalue weighted by Gasteiger charge is 2.77. The van der Waals surface area contributed by atoms with Crippen LogP contribution in [-0.2, 0) is 14.1 Å². The fourth-order valence-corrected chi connectivity index (χ4v) is 8.29. The van der Waals surface area contributed by atoms with Crippen LogP contribution in [0.3, 0.4) is 0 Å². The predicted octanol–water partition coefficient (Wildman–Crippen LogP) is 4.28. The Kier molecular flexibility index (Phi) is 5.61. The zero-order valence-electron chi connectivity index (χ0n) is 17.7. The van der Waals surface area contributed by atoms with Gasteiger partial charge in [0.2, 0.25) is 5.12 Å². The van der Waals surface area contributed by atoms with Gasteiger partial charge in [-0.25, -0.2) is 13.2 Å². The number of allylic oxidation sites excluding steroid dienone is 4. The van der Waals surface area contributed by atoms with Crippen LogP contribution >= 0.6 is 21.2 Å². The zero-order valence-corrected chi connectivity index (χ0v) is 19.7. The molecule has 31 heavy (non-hydrogen) atoms. The largest absolute Gasteiger partial charge is 0.380 e. The second-order valence-corrected chi connectivity index (χ2v) is 11.1. The number of ketones is 1. The van der Waals surface area contributed by atoms with Crippen LogP contribution in [0.15, 0.2) is 23.8 Å². The molecule has 1 N–H and O–H groups in total. The minimum Gasteiger partial charge on any atom is -0.380 e. The van der Waals surface area contributed by atoms with Crippen molar-refractivity contribution in [1.82, 2.24) is 0 Å². The van der Waals surface area contributed by atoms with Gasteiger partial charge >= 0.3 is 0 Å². The molecule has 0 aliphatic heterocycles. The molecular formula is C22H28F3O4PS. The summed E-state index contributed by atoms with van der Waals surface area (Å²) in [5.74, 6) is -2.29. The molecule has 4 nitrogen and oxygen atoms in total. The van der Waals surface area contributed by atoms with Crippen LogP contribution in [0.4, 0.5) is 13.2 Å². The Morgan fingerprint density at radius 1 is 1.35 bits per heavy atom. The first-order chi connectivity index (χ1) is 14.4. The van der Waals surface area contributed by atoms with Gasteiger partial charge < -0.3 is 9.63 Å². The molecule has 0 heterocycles. The Bertz CT molecular complexity index is 883. The van der Waals surface area contributed by atoms with Crippen LogP contribution in [0.5, 0.6) is 0 Å². The van der Waals surface area contributed by atoms with E-state index in [1.54, 1.807) is 20.8 Å². The average molecular weight is 476 g/mol. The number of hydrogen-bond donors (Lipinski definition) is 1. The first kappa shape index (κ1) is 23.5. The molecule has 0 aromatic rings. The third-order valence-corrected chi connectivity index (χ3v) is 9.86. The van der Waals surface area contributed by atoms with E-state index in [-0.39, 0.29) is 24.2 Å². The van der Waals surface area contributed by atoms with Crippen LogP contribution in [0, 0.1) is 28.6 Å². The highest BCUT2D eigenvalue weighted by Crippen LogP contribution is 2.71. The van der Waals surface area contributed by atoms with Crippen LogP contribution in [0.2, 0.25) is 0 Å². The first-order valence-electron chi connectivity index (χ1n) is 10.5. The van der Waals surface area contributed by atoms with Crippen LogP contribution in [0.25, 0.3) is 0 Å². The maximum absolute atomic E-state index is 17.3. The van der Waals surface area contributed by atoms with Crippen molar-refractivity contribution in [3.8, 4) is 0 Å². The summed E-state index contributed by atoms with van der Waals surface area (Å²) in [6.07, 6.45) is 1.44. The van der Waals surface area contributed by atoms with Gasteiger partial charge in [-0.2, -0.15) is 0 Å². The van der Waals surface area contributed by atoms with Gasteiger partial charge in [-0.3, -0.25) is 9.59 Å². The molecule has 3 saturated carbocycles. The number of halogens is 3. The number of fused-ring (bicyclic) bond motifs is 5. The number of aliphatic hydroxyl groups is 1. The number of carbonyl (C=O) groups excluding carboxylic acids is 2. The molecule has 0 spiro atoms. The summed E-state index contributed by atoms with van der Waals surface area (Å²) in [6.45, 7) is 5.02. The summed E-state index contributed by atoms with van der Waals surface area (Å²) < 4.78 is 51.2. The van der Waals surface area contributed by atoms with Crippen LogP contribution < -0.4 is 0 Å². The normalized spacial score (nSPS) is 51.0. The molecule has 0 aromatic heterocycles. The minimum atomic E-state index is -2.05. The molecule has 172 valence electrons. The standard InChI is InChI=1S/C22H28F3O4PS/c1-11-6-13-14-8-16(24)15-7-12(26)4-5-19(15,2)21(14,25)17(29-30)9-20(13,3)22(11,28)18(27)31-10-23/h4-5,7,11,13-14,16-17,28H,6,8-10,30H2,1-3H3. The van der Waals surface area contributed by atoms with Crippen molar-refractivity contribution < 1.29 is 32.4 Å². The number of hydrogen-bond acceptors (Lipinski definition) is 5. The van der Waals surface area contributed by atoms with Gasteiger partial charge in [0, 0.05) is 26.2 Å². The van der Waals surface area contributed by atoms with E-state index in [2.05, 4.69) is 9.47 Å². The SMILES string of the molecule is CC1CC2C3CC(F)C4=CC(=O)C=CC4(C)C3(F)C(OP)CC2(C)C1(O)C(=O)SCF. The lowest BCUT2D eigenvalue weighted by Gasteiger charge is -2.63. The van der Waals surface area contributed by atoms with Gasteiger partial charge in [0.15, 0.2) is 11.5 Å². The summed E-state index contributed by atoms with van der Waals surface area (Å²) in [5.41, 5.74) is -6.32. The van der Waals surface area contributed by atoms with Crippen molar-refractivity contribution in [1.29, 1.82) is 0 Å². The maximum Gasteiger partial charge on any atom is 0.223 e. The van der Waals surface area contributed by atoms with Crippen molar-refractivity contribution in [2.24, 2.45) is 28.6 Å². The number of carbonyl (C=O) groups is 2. The molecule has 4 aliphatic carbocycles. The van der Waals surface area contributed by atoms with E-state index in [4.69, 9.17) is 4.52 Å². The Morgan fingerprint density at radius 2 is 2.03 bits per heavy atom. The molecule has 0 aromatic carbocycles. The van der Waals surface area contributed by atoms with Gasteiger partial charge in [-0.1, -0.05) is 31.7 Å². The molecule has 3 fully saturated rings. The molecule has 10 unspecified atom stereocenters. The molecule has 0 radical (unpaired) electrons. The second kappa shape index (κ2) is 7.41. The lowest BCUT2D eigenvalue weighted by Crippen LogP contribution is -2.70. The summed E-state index contributed by atoms with van der Waals surface area (Å²) in [5, 5.41) is 10.9. The molecular weight excluding hydrogens is 448 g/mol. The van der Waals surface area contributed by atoms with E-state index in [1.807, 2.05) is 0 Å². The number of alkyl halides is 3. The Hall–Kier alpha value is -0.690. The summed E-state index contributed by atoms with van der Waals surface area (Å²) in [7, 11) is 2.07. The van der Waals surface area contributed by atoms with Crippen LogP contribution in [-0.4, -0.2) is 45.6 Å². The van der Waals surface area contributed by atoms with Crippen molar-refractivity contribution in [2.75, 3.05) is 6.01 Å². The van der Waals surface area contributed by atoms with E-state index in [0.717, 1.165) is 0 Å². The lowest BCUT2D eigenvalue weighted by molar-refractivity contribution is -0.212. The fourth-order valence-electron chi connectivity index (χ4n) is 7.24. The highest BCUT2D eigenvalue weighted by molar-refractivity contribution is 8.13. The van der Waals surface area contributed by atoms with Gasteiger partial charge in [0.1, 0.15) is 17.8 Å². The summed E-state index contributed by atoms with van der Waals surface area (Å²) >= 11 is 0.414. The average Bonchev–Trinajstić information content (AvgIpc) is 2.92. The van der Waals surface area contributed by atoms with E-state index in [0.29, 0.717) is 18.2 Å². The van der Waals surface area contributed by atoms with E-state index in [9.17, 15) is 19.1 Å². The third-order valence-electron chi connectivity index (χ3n) is 8.85. The Balaban J connectivity index is 1.87. The Morgan fingerprint density at radius 3 is 2.65 bits per heavy atom. The summed E-state index contributed by atoms with van der Waals surface area (Å²) in [4.78, 5) is 24.8. The first-order valence-corrected chi connectivity index (χ1v) is 12.0. The van der Waals surface area contributed by atoms with E-state index >= 15 is 8.78 Å². The topological polar surface area (TPSA) is 63.6 Å². The molecule has 4 aliphatic rings. The third kappa shape index (κ3) is 2.74. The molecule has 0 bridgehead atoms. The lowest BCUT2D eigenvalue weighted by atomic mass is 9.44. The smallest absolute Gasteiger partial charge is 0.223 e. The van der Waals surface area contributed by atoms with Gasteiger partial charge in [0.05, 0.1) is 6.10 Å². The Labute approximate surface area is 186 Å². The molecule has 10 atom stereocenters. The highest BCUT2D eigenvalue weighted by atomic mass is 32.2. The zero-order chi connectivity index (χ0) is 23.0. The molecule has 4 rings (SSSR count). The van der Waals surface area contributed by atoms with Crippen molar-refractivity contribution >= 4 is 32.1 Å². The van der Waals surface area contributed by atoms with Crippen molar-refractivity contribution in [2.45, 2.75) is 63.6 Å². The monoisotopic (exact) mass is 476 g/mol. The van der Waals surface area contributed by atoms with E-state index < -0.39 is 63.3 Å². The van der Waals surface area contributed by atoms with Gasteiger partial charge in [-0.05, 0) is 55.7 Å². The summed E-state index contributed by atoms with van der Waals surface area (Å²) in [6, 6.07) is -0.966. The fraction of sp³-hybridized carbons (Fsp3) is 0.727. The molecule has 9 heteroatoms. The minimum absolute atomic E-state index is 0.00913. The molecule has 0 saturated heterocycles. The van der Waals surface area contributed by atoms with Crippen molar-refractivity contribution in [3.63, 3.8) is 0 Å². The van der Waals surface area contributed by atoms with Crippen LogP contribution in [0.1, 0.15) is 40.0 Å². The van der Waals surface area contributed by atoms with E-state index in [1.165, 1.54) is 18.2 Å². The second-order valence-electron chi connectivity index (χ2n) is 9.91. The van der Waals surface area contributed by atoms with Gasteiger partial charge in [-0.15, -0.1) is 0 Å². The quantitative estimate of drug-likeness (QED) is 0.616. The van der Waals surface area contributed by atoms with Gasteiger partial charge in [0.25, 0.3) is 0 Å². The number of rotatable bonds is 3. The maximum atomic E-state index is 17.3. The predicted molar refractivity (Wildman–Crippen MR) is 115 cm³/mol. The van der Waals surface area contributed by atoms with Crippen molar-refractivity contribution in [3.05, 3.63) is 23.8 Å².